The number of carboxylic acid groups (broad SMARTS) is 1. The molecule has 0 radical (unpaired) electrons. The second kappa shape index (κ2) is 8.70. The smallest absolute Gasteiger partial charge is 0.303 e. The van der Waals surface area contributed by atoms with Crippen LogP contribution in [0.5, 0.6) is 0 Å². The van der Waals surface area contributed by atoms with Crippen molar-refractivity contribution in [1.82, 2.24) is 4.90 Å². The number of amides is 1. The van der Waals surface area contributed by atoms with Crippen LogP contribution in [0, 0.1) is 0 Å². The zero-order chi connectivity index (χ0) is 16.7. The Hall–Kier alpha value is -1.84. The molecule has 1 aromatic rings. The van der Waals surface area contributed by atoms with E-state index in [9.17, 15) is 9.59 Å². The van der Waals surface area contributed by atoms with E-state index in [0.717, 1.165) is 32.2 Å². The van der Waals surface area contributed by atoms with Crippen molar-refractivity contribution in [3.8, 4) is 0 Å². The predicted molar refractivity (Wildman–Crippen MR) is 90.3 cm³/mol. The van der Waals surface area contributed by atoms with Gasteiger partial charge in [-0.05, 0) is 43.6 Å². The van der Waals surface area contributed by atoms with Crippen molar-refractivity contribution in [2.45, 2.75) is 63.8 Å². The van der Waals surface area contributed by atoms with Gasteiger partial charge in [0, 0.05) is 25.4 Å². The summed E-state index contributed by atoms with van der Waals surface area (Å²) < 4.78 is 0. The fraction of sp³-hybridized carbons (Fsp3) is 0.579. The van der Waals surface area contributed by atoms with Gasteiger partial charge in [0.2, 0.25) is 5.91 Å². The molecule has 2 rings (SSSR count). The first kappa shape index (κ1) is 17.5. The quantitative estimate of drug-likeness (QED) is 0.832. The Labute approximate surface area is 138 Å². The van der Waals surface area contributed by atoms with Crippen LogP contribution in [0.4, 0.5) is 0 Å². The first-order valence-corrected chi connectivity index (χ1v) is 8.64. The summed E-state index contributed by atoms with van der Waals surface area (Å²) in [6.45, 7) is 2.93. The highest BCUT2D eigenvalue weighted by molar-refractivity contribution is 5.76. The zero-order valence-corrected chi connectivity index (χ0v) is 13.9. The Kier molecular flexibility index (Phi) is 6.63. The molecule has 1 fully saturated rings. The molecule has 1 aliphatic heterocycles. The zero-order valence-electron chi connectivity index (χ0n) is 13.9. The molecular weight excluding hydrogens is 290 g/mol. The van der Waals surface area contributed by atoms with Gasteiger partial charge in [-0.2, -0.15) is 0 Å². The number of hydrogen-bond donors (Lipinski definition) is 1. The SMILES string of the molecule is CC(CCC(=O)N1CCCCC1CCC(=O)O)c1ccccc1. The number of hydrogen-bond acceptors (Lipinski definition) is 2. The van der Waals surface area contributed by atoms with Crippen LogP contribution in [-0.2, 0) is 9.59 Å². The van der Waals surface area contributed by atoms with Gasteiger partial charge in [-0.1, -0.05) is 37.3 Å². The van der Waals surface area contributed by atoms with E-state index in [2.05, 4.69) is 19.1 Å². The Bertz CT molecular complexity index is 515. The molecule has 1 N–H and O–H groups in total. The van der Waals surface area contributed by atoms with E-state index in [4.69, 9.17) is 5.11 Å². The molecular formula is C19H27NO3. The van der Waals surface area contributed by atoms with Crippen LogP contribution < -0.4 is 0 Å². The molecule has 0 aliphatic carbocycles. The monoisotopic (exact) mass is 317 g/mol. The standard InChI is InChI=1S/C19H27NO3/c1-15(16-7-3-2-4-8-16)10-12-18(21)20-14-6-5-9-17(20)11-13-19(22)23/h2-4,7-8,15,17H,5-6,9-14H2,1H3,(H,22,23). The maximum atomic E-state index is 12.6. The van der Waals surface area contributed by atoms with Gasteiger partial charge < -0.3 is 10.0 Å². The van der Waals surface area contributed by atoms with Gasteiger partial charge in [0.05, 0.1) is 0 Å². The van der Waals surface area contributed by atoms with Crippen molar-refractivity contribution in [3.63, 3.8) is 0 Å². The van der Waals surface area contributed by atoms with Gasteiger partial charge in [0.15, 0.2) is 0 Å². The van der Waals surface area contributed by atoms with Crippen LogP contribution in [0.1, 0.15) is 63.4 Å². The highest BCUT2D eigenvalue weighted by Gasteiger charge is 2.26. The molecule has 1 aromatic carbocycles. The minimum atomic E-state index is -0.777. The normalized spacial score (nSPS) is 19.3. The lowest BCUT2D eigenvalue weighted by Gasteiger charge is -2.36. The number of nitrogens with zero attached hydrogens (tertiary/aromatic N) is 1. The van der Waals surface area contributed by atoms with Gasteiger partial charge in [0.1, 0.15) is 0 Å². The fourth-order valence-electron chi connectivity index (χ4n) is 3.35. The van der Waals surface area contributed by atoms with Crippen LogP contribution in [0.15, 0.2) is 30.3 Å². The lowest BCUT2D eigenvalue weighted by molar-refractivity contribution is -0.140. The Morgan fingerprint density at radius 1 is 1.22 bits per heavy atom. The van der Waals surface area contributed by atoms with E-state index in [0.29, 0.717) is 18.8 Å². The maximum Gasteiger partial charge on any atom is 0.303 e. The van der Waals surface area contributed by atoms with E-state index in [1.165, 1.54) is 5.56 Å². The molecule has 0 saturated carbocycles. The number of carbonyl (C=O) groups excluding carboxylic acids is 1. The third-order valence-electron chi connectivity index (χ3n) is 4.80. The lowest BCUT2D eigenvalue weighted by Crippen LogP contribution is -2.43. The van der Waals surface area contributed by atoms with E-state index in [-0.39, 0.29) is 18.4 Å². The number of benzene rings is 1. The first-order valence-electron chi connectivity index (χ1n) is 8.64. The maximum absolute atomic E-state index is 12.6. The predicted octanol–water partition coefficient (Wildman–Crippen LogP) is 3.82. The summed E-state index contributed by atoms with van der Waals surface area (Å²) in [5, 5.41) is 8.87. The summed E-state index contributed by atoms with van der Waals surface area (Å²) in [4.78, 5) is 25.3. The first-order chi connectivity index (χ1) is 11.1. The second-order valence-corrected chi connectivity index (χ2v) is 6.52. The Morgan fingerprint density at radius 3 is 2.65 bits per heavy atom. The van der Waals surface area contributed by atoms with Crippen molar-refractivity contribution in [2.24, 2.45) is 0 Å². The fourth-order valence-corrected chi connectivity index (χ4v) is 3.35. The molecule has 2 atom stereocenters. The second-order valence-electron chi connectivity index (χ2n) is 6.52. The Balaban J connectivity index is 1.86. The molecule has 23 heavy (non-hydrogen) atoms. The average molecular weight is 317 g/mol. The number of likely N-dealkylation sites (tertiary alicyclic amines) is 1. The van der Waals surface area contributed by atoms with E-state index < -0.39 is 5.97 Å². The number of rotatable bonds is 7. The van der Waals surface area contributed by atoms with Crippen LogP contribution in [0.3, 0.4) is 0 Å². The summed E-state index contributed by atoms with van der Waals surface area (Å²) in [5.74, 6) is -0.231. The summed E-state index contributed by atoms with van der Waals surface area (Å²) in [5.41, 5.74) is 1.27. The summed E-state index contributed by atoms with van der Waals surface area (Å²) >= 11 is 0. The minimum absolute atomic E-state index is 0.111. The molecule has 1 heterocycles. The van der Waals surface area contributed by atoms with E-state index >= 15 is 0 Å². The van der Waals surface area contributed by atoms with Crippen molar-refractivity contribution in [2.75, 3.05) is 6.54 Å². The van der Waals surface area contributed by atoms with Crippen LogP contribution >= 0.6 is 0 Å². The number of piperidine rings is 1. The number of carbonyl (C=O) groups is 2. The van der Waals surface area contributed by atoms with Crippen molar-refractivity contribution in [1.29, 1.82) is 0 Å². The van der Waals surface area contributed by atoms with Gasteiger partial charge in [-0.25, -0.2) is 0 Å². The molecule has 4 heteroatoms. The van der Waals surface area contributed by atoms with Crippen LogP contribution in [0.2, 0.25) is 0 Å². The summed E-state index contributed by atoms with van der Waals surface area (Å²) in [6.07, 6.45) is 5.17. The van der Waals surface area contributed by atoms with Gasteiger partial charge in [-0.15, -0.1) is 0 Å². The molecule has 1 saturated heterocycles. The molecule has 126 valence electrons. The molecule has 4 nitrogen and oxygen atoms in total. The molecule has 2 unspecified atom stereocenters. The average Bonchev–Trinajstić information content (AvgIpc) is 2.58. The minimum Gasteiger partial charge on any atom is -0.481 e. The molecule has 0 spiro atoms. The third-order valence-corrected chi connectivity index (χ3v) is 4.80. The van der Waals surface area contributed by atoms with Crippen LogP contribution in [0.25, 0.3) is 0 Å². The number of carboxylic acids is 1. The highest BCUT2D eigenvalue weighted by atomic mass is 16.4. The van der Waals surface area contributed by atoms with Gasteiger partial charge in [0.25, 0.3) is 0 Å². The highest BCUT2D eigenvalue weighted by Crippen LogP contribution is 2.25. The molecule has 1 amide bonds. The Morgan fingerprint density at radius 2 is 1.96 bits per heavy atom. The van der Waals surface area contributed by atoms with Gasteiger partial charge >= 0.3 is 5.97 Å². The van der Waals surface area contributed by atoms with E-state index in [1.807, 2.05) is 23.1 Å². The summed E-state index contributed by atoms with van der Waals surface area (Å²) in [7, 11) is 0. The summed E-state index contributed by atoms with van der Waals surface area (Å²) in [6, 6.07) is 10.4. The molecule has 1 aliphatic rings. The third kappa shape index (κ3) is 5.38. The topological polar surface area (TPSA) is 57.6 Å². The lowest BCUT2D eigenvalue weighted by atomic mass is 9.94. The van der Waals surface area contributed by atoms with Crippen molar-refractivity contribution < 1.29 is 14.7 Å². The molecule has 0 aromatic heterocycles. The molecule has 0 bridgehead atoms. The van der Waals surface area contributed by atoms with Crippen molar-refractivity contribution in [3.05, 3.63) is 35.9 Å². The van der Waals surface area contributed by atoms with Gasteiger partial charge in [-0.3, -0.25) is 9.59 Å². The van der Waals surface area contributed by atoms with E-state index in [1.54, 1.807) is 0 Å². The van der Waals surface area contributed by atoms with Crippen LogP contribution in [-0.4, -0.2) is 34.5 Å². The van der Waals surface area contributed by atoms with Crippen molar-refractivity contribution >= 4 is 11.9 Å². The largest absolute Gasteiger partial charge is 0.481 e. The number of aliphatic carboxylic acids is 1.